The fraction of sp³-hybridized carbons (Fsp3) is 0.375. The standard InChI is InChI=1S/C30H31F2N7O4.C2H6/c1-6-43-28-21(11-22(31)12-23(28)32)15-38-26(40)9-19(3)37(16-27(41)42-5)25-14-35-30(36-29(25)38)39(17-34-4)24-10-20(13-33)8-7-18(24)2;1-2/h7-8,10-12,14,17,19H,6,9,15-16H2,1-5H3;1-2H3. The van der Waals surface area contributed by atoms with Gasteiger partial charge in [-0.25, -0.2) is 13.8 Å². The van der Waals surface area contributed by atoms with Crippen molar-refractivity contribution in [2.75, 3.05) is 42.0 Å². The maximum Gasteiger partial charge on any atom is 0.325 e. The Kier molecular flexibility index (Phi) is 11.9. The summed E-state index contributed by atoms with van der Waals surface area (Å²) in [4.78, 5) is 44.1. The van der Waals surface area contributed by atoms with Crippen LogP contribution in [0.3, 0.4) is 0 Å². The number of aromatic nitrogens is 2. The third-order valence-corrected chi connectivity index (χ3v) is 6.88. The van der Waals surface area contributed by atoms with Crippen molar-refractivity contribution in [3.8, 4) is 11.8 Å². The van der Waals surface area contributed by atoms with Gasteiger partial charge in [0.05, 0.1) is 55.8 Å². The van der Waals surface area contributed by atoms with Gasteiger partial charge >= 0.3 is 5.97 Å². The van der Waals surface area contributed by atoms with Crippen molar-refractivity contribution in [2.24, 2.45) is 4.99 Å². The van der Waals surface area contributed by atoms with Crippen LogP contribution in [-0.2, 0) is 20.9 Å². The monoisotopic (exact) mass is 621 g/mol. The maximum absolute atomic E-state index is 14.8. The van der Waals surface area contributed by atoms with Crippen LogP contribution in [0.4, 0.5) is 31.9 Å². The number of hydrogen-bond acceptors (Lipinski definition) is 9. The lowest BCUT2D eigenvalue weighted by atomic mass is 10.1. The van der Waals surface area contributed by atoms with E-state index in [1.54, 1.807) is 48.9 Å². The molecular weight excluding hydrogens is 584 g/mol. The number of methoxy groups -OCH3 is 1. The molecule has 1 atom stereocenters. The number of amides is 1. The third-order valence-electron chi connectivity index (χ3n) is 6.88. The molecule has 0 saturated heterocycles. The van der Waals surface area contributed by atoms with Crippen molar-refractivity contribution < 1.29 is 27.8 Å². The topological polar surface area (TPSA) is 124 Å². The number of aliphatic imine (C=N–C) groups is 1. The van der Waals surface area contributed by atoms with E-state index >= 15 is 0 Å². The van der Waals surface area contributed by atoms with Crippen LogP contribution in [0.15, 0.2) is 41.5 Å². The molecule has 0 spiro atoms. The highest BCUT2D eigenvalue weighted by Crippen LogP contribution is 2.38. The van der Waals surface area contributed by atoms with Crippen molar-refractivity contribution in [1.82, 2.24) is 9.97 Å². The van der Waals surface area contributed by atoms with Crippen LogP contribution in [0, 0.1) is 29.9 Å². The van der Waals surface area contributed by atoms with Crippen molar-refractivity contribution >= 4 is 41.4 Å². The first-order valence-electron chi connectivity index (χ1n) is 14.5. The van der Waals surface area contributed by atoms with Crippen molar-refractivity contribution in [2.45, 2.75) is 53.6 Å². The summed E-state index contributed by atoms with van der Waals surface area (Å²) in [6.45, 7) is 8.91. The van der Waals surface area contributed by atoms with Crippen LogP contribution in [0.2, 0.25) is 0 Å². The molecule has 11 nitrogen and oxygen atoms in total. The summed E-state index contributed by atoms with van der Waals surface area (Å²) in [5, 5.41) is 9.49. The zero-order valence-corrected chi connectivity index (χ0v) is 26.5. The van der Waals surface area contributed by atoms with Crippen LogP contribution >= 0.6 is 0 Å². The number of benzene rings is 2. The van der Waals surface area contributed by atoms with Crippen LogP contribution < -0.4 is 19.4 Å². The Hall–Kier alpha value is -5.12. The Morgan fingerprint density at radius 3 is 2.64 bits per heavy atom. The van der Waals surface area contributed by atoms with E-state index in [0.717, 1.165) is 11.6 Å². The van der Waals surface area contributed by atoms with Gasteiger partial charge in [-0.05, 0) is 44.5 Å². The van der Waals surface area contributed by atoms with Gasteiger partial charge < -0.3 is 14.4 Å². The number of fused-ring (bicyclic) bond motifs is 1. The quantitative estimate of drug-likeness (QED) is 0.174. The van der Waals surface area contributed by atoms with E-state index in [1.165, 1.54) is 24.5 Å². The first kappa shape index (κ1) is 34.4. The predicted octanol–water partition coefficient (Wildman–Crippen LogP) is 5.46. The Morgan fingerprint density at radius 2 is 2.00 bits per heavy atom. The minimum atomic E-state index is -0.901. The third kappa shape index (κ3) is 7.70. The van der Waals surface area contributed by atoms with Crippen LogP contribution in [0.25, 0.3) is 0 Å². The number of carbonyl (C=O) groups is 2. The molecule has 1 aliphatic rings. The Morgan fingerprint density at radius 1 is 1.27 bits per heavy atom. The van der Waals surface area contributed by atoms with E-state index in [1.807, 2.05) is 20.8 Å². The number of nitrogens with zero attached hydrogens (tertiary/aromatic N) is 7. The Labute approximate surface area is 261 Å². The molecule has 2 heterocycles. The SMILES string of the molecule is CC.CCOc1c(F)cc(F)cc1CN1C(=O)CC(C)N(CC(=O)OC)c2cnc(N(C=NC)c3cc(C#N)ccc3C)nc21. The van der Waals surface area contributed by atoms with Gasteiger partial charge in [0.1, 0.15) is 12.4 Å². The molecule has 1 aliphatic heterocycles. The molecule has 4 rings (SSSR count). The van der Waals surface area contributed by atoms with Gasteiger partial charge in [-0.1, -0.05) is 19.9 Å². The molecular formula is C32H37F2N7O4. The Bertz CT molecular complexity index is 1610. The molecule has 238 valence electrons. The van der Waals surface area contributed by atoms with Crippen LogP contribution in [-0.4, -0.2) is 61.5 Å². The summed E-state index contributed by atoms with van der Waals surface area (Å²) < 4.78 is 39.5. The zero-order chi connectivity index (χ0) is 33.3. The smallest absolute Gasteiger partial charge is 0.325 e. The molecule has 0 aliphatic carbocycles. The summed E-state index contributed by atoms with van der Waals surface area (Å²) in [6, 6.07) is 8.56. The summed E-state index contributed by atoms with van der Waals surface area (Å²) in [5.41, 5.74) is 2.19. The lowest BCUT2D eigenvalue weighted by molar-refractivity contribution is -0.139. The fourth-order valence-electron chi connectivity index (χ4n) is 4.79. The van der Waals surface area contributed by atoms with Gasteiger partial charge in [0, 0.05) is 31.1 Å². The van der Waals surface area contributed by atoms with Crippen molar-refractivity contribution in [3.63, 3.8) is 0 Å². The second-order valence-corrected chi connectivity index (χ2v) is 9.78. The zero-order valence-electron chi connectivity index (χ0n) is 26.5. The second kappa shape index (κ2) is 15.6. The highest BCUT2D eigenvalue weighted by atomic mass is 19.1. The normalized spacial score (nSPS) is 14.2. The predicted molar refractivity (Wildman–Crippen MR) is 168 cm³/mol. The number of esters is 1. The number of aryl methyl sites for hydroxylation is 1. The van der Waals surface area contributed by atoms with E-state index in [9.17, 15) is 23.6 Å². The van der Waals surface area contributed by atoms with E-state index in [0.29, 0.717) is 23.0 Å². The molecule has 1 aromatic heterocycles. The van der Waals surface area contributed by atoms with Crippen LogP contribution in [0.5, 0.6) is 5.75 Å². The molecule has 1 amide bonds. The highest BCUT2D eigenvalue weighted by molar-refractivity contribution is 5.99. The van der Waals surface area contributed by atoms with Gasteiger partial charge in [-0.3, -0.25) is 24.4 Å². The van der Waals surface area contributed by atoms with Gasteiger partial charge in [-0.2, -0.15) is 10.2 Å². The van der Waals surface area contributed by atoms with Crippen molar-refractivity contribution in [1.29, 1.82) is 5.26 Å². The number of hydrogen-bond donors (Lipinski definition) is 0. The minimum Gasteiger partial charge on any atom is -0.490 e. The van der Waals surface area contributed by atoms with Crippen molar-refractivity contribution in [3.05, 3.63) is 64.9 Å². The summed E-state index contributed by atoms with van der Waals surface area (Å²) in [5.74, 6) is -2.67. The van der Waals surface area contributed by atoms with E-state index in [2.05, 4.69) is 16.0 Å². The number of anilines is 4. The average Bonchev–Trinajstić information content (AvgIpc) is 3.12. The van der Waals surface area contributed by atoms with Gasteiger partial charge in [0.15, 0.2) is 17.4 Å². The number of halogens is 2. The molecule has 0 N–H and O–H groups in total. The first-order valence-corrected chi connectivity index (χ1v) is 14.5. The van der Waals surface area contributed by atoms with Gasteiger partial charge in [0.2, 0.25) is 11.9 Å². The second-order valence-electron chi connectivity index (χ2n) is 9.78. The maximum atomic E-state index is 14.8. The largest absolute Gasteiger partial charge is 0.490 e. The molecule has 13 heteroatoms. The molecule has 45 heavy (non-hydrogen) atoms. The molecule has 0 radical (unpaired) electrons. The van der Waals surface area contributed by atoms with E-state index in [4.69, 9.17) is 14.5 Å². The summed E-state index contributed by atoms with van der Waals surface area (Å²) in [7, 11) is 2.82. The summed E-state index contributed by atoms with van der Waals surface area (Å²) in [6.07, 6.45) is 2.89. The fourth-order valence-corrected chi connectivity index (χ4v) is 4.79. The van der Waals surface area contributed by atoms with E-state index in [-0.39, 0.29) is 49.2 Å². The lowest BCUT2D eigenvalue weighted by Gasteiger charge is -2.29. The average molecular weight is 622 g/mol. The minimum absolute atomic E-state index is 0.0477. The summed E-state index contributed by atoms with van der Waals surface area (Å²) >= 11 is 0. The molecule has 1 unspecified atom stereocenters. The molecule has 0 fully saturated rings. The molecule has 0 saturated carbocycles. The number of rotatable bonds is 9. The number of nitriles is 1. The number of ether oxygens (including phenoxy) is 2. The highest BCUT2D eigenvalue weighted by Gasteiger charge is 2.35. The first-order chi connectivity index (χ1) is 21.6. The van der Waals surface area contributed by atoms with Crippen LogP contribution in [0.1, 0.15) is 50.8 Å². The number of carbonyl (C=O) groups excluding carboxylic acids is 2. The lowest BCUT2D eigenvalue weighted by Crippen LogP contribution is -2.38. The van der Waals surface area contributed by atoms with Gasteiger partial charge in [-0.15, -0.1) is 0 Å². The Balaban J connectivity index is 0.00000271. The molecule has 0 bridgehead atoms. The van der Waals surface area contributed by atoms with Gasteiger partial charge in [0.25, 0.3) is 0 Å². The van der Waals surface area contributed by atoms with E-state index < -0.39 is 29.6 Å². The molecule has 3 aromatic rings. The molecule has 2 aromatic carbocycles.